The summed E-state index contributed by atoms with van der Waals surface area (Å²) >= 11 is 0. The molecule has 2 aromatic rings. The highest BCUT2D eigenvalue weighted by atomic mass is 32.2. The number of carbonyl (C=O) groups is 1. The van der Waals surface area contributed by atoms with E-state index in [0.717, 1.165) is 10.8 Å². The van der Waals surface area contributed by atoms with Gasteiger partial charge in [0.15, 0.2) is 0 Å². The van der Waals surface area contributed by atoms with E-state index >= 15 is 0 Å². The summed E-state index contributed by atoms with van der Waals surface area (Å²) in [6.45, 7) is 8.91. The maximum Gasteiger partial charge on any atom is 0.243 e. The number of amides is 1. The van der Waals surface area contributed by atoms with Crippen molar-refractivity contribution in [2.24, 2.45) is 0 Å². The van der Waals surface area contributed by atoms with Crippen LogP contribution in [0.1, 0.15) is 20.8 Å². The molecule has 0 N–H and O–H groups in total. The van der Waals surface area contributed by atoms with Gasteiger partial charge < -0.3 is 9.64 Å². The van der Waals surface area contributed by atoms with Gasteiger partial charge in [0.1, 0.15) is 0 Å². The molecule has 0 saturated carbocycles. The van der Waals surface area contributed by atoms with Crippen LogP contribution in [-0.2, 0) is 19.6 Å². The predicted molar refractivity (Wildman–Crippen MR) is 120 cm³/mol. The second kappa shape index (κ2) is 8.86. The van der Waals surface area contributed by atoms with Gasteiger partial charge in [0.25, 0.3) is 0 Å². The monoisotopic (exact) mass is 445 g/mol. The Labute approximate surface area is 184 Å². The van der Waals surface area contributed by atoms with Gasteiger partial charge in [-0.2, -0.15) is 4.31 Å². The van der Waals surface area contributed by atoms with Gasteiger partial charge in [-0.1, -0.05) is 30.3 Å². The molecule has 0 aliphatic carbocycles. The summed E-state index contributed by atoms with van der Waals surface area (Å²) < 4.78 is 33.6. The Morgan fingerprint density at radius 3 is 2.23 bits per heavy atom. The molecule has 3 atom stereocenters. The summed E-state index contributed by atoms with van der Waals surface area (Å²) in [6.07, 6.45) is 0.0627. The molecule has 31 heavy (non-hydrogen) atoms. The van der Waals surface area contributed by atoms with Crippen LogP contribution >= 0.6 is 0 Å². The Bertz CT molecular complexity index is 1040. The van der Waals surface area contributed by atoms with Crippen molar-refractivity contribution in [3.63, 3.8) is 0 Å². The van der Waals surface area contributed by atoms with E-state index in [0.29, 0.717) is 44.2 Å². The van der Waals surface area contributed by atoms with Gasteiger partial charge in [-0.15, -0.1) is 0 Å². The van der Waals surface area contributed by atoms with Gasteiger partial charge in [0, 0.05) is 39.3 Å². The van der Waals surface area contributed by atoms with Gasteiger partial charge in [-0.05, 0) is 43.7 Å². The molecule has 2 saturated heterocycles. The molecule has 0 unspecified atom stereocenters. The Morgan fingerprint density at radius 2 is 1.58 bits per heavy atom. The fourth-order valence-electron chi connectivity index (χ4n) is 4.59. The van der Waals surface area contributed by atoms with Crippen molar-refractivity contribution < 1.29 is 17.9 Å². The number of benzene rings is 2. The molecule has 2 aliphatic heterocycles. The van der Waals surface area contributed by atoms with E-state index in [-0.39, 0.29) is 24.2 Å². The summed E-state index contributed by atoms with van der Waals surface area (Å²) in [5.41, 5.74) is 0. The average molecular weight is 446 g/mol. The molecular formula is C23H31N3O4S. The first kappa shape index (κ1) is 22.2. The van der Waals surface area contributed by atoms with Crippen molar-refractivity contribution >= 4 is 26.7 Å². The van der Waals surface area contributed by atoms with Crippen molar-refractivity contribution in [1.82, 2.24) is 14.1 Å². The number of hydrogen-bond donors (Lipinski definition) is 0. The minimum absolute atomic E-state index is 0.0313. The molecule has 2 aromatic carbocycles. The highest BCUT2D eigenvalue weighted by molar-refractivity contribution is 7.89. The molecule has 0 aromatic heterocycles. The van der Waals surface area contributed by atoms with Crippen LogP contribution in [0, 0.1) is 0 Å². The minimum Gasteiger partial charge on any atom is -0.372 e. The first-order valence-corrected chi connectivity index (χ1v) is 12.4. The number of ether oxygens (including phenoxy) is 1. The molecule has 2 aliphatic rings. The topological polar surface area (TPSA) is 70.2 Å². The van der Waals surface area contributed by atoms with Crippen LogP contribution in [0.25, 0.3) is 10.8 Å². The van der Waals surface area contributed by atoms with Gasteiger partial charge in [-0.3, -0.25) is 9.69 Å². The van der Waals surface area contributed by atoms with Crippen molar-refractivity contribution in [3.8, 4) is 0 Å². The SMILES string of the molecule is C[C@@H]1CN(C(=O)[C@H](C)N2CCN(S(=O)(=O)c3ccc4ccccc4c3)CC2)C[C@@H](C)O1. The minimum atomic E-state index is -3.56. The molecule has 0 spiro atoms. The van der Waals surface area contributed by atoms with E-state index in [2.05, 4.69) is 4.90 Å². The summed E-state index contributed by atoms with van der Waals surface area (Å²) in [5.74, 6) is 0.0906. The molecular weight excluding hydrogens is 414 g/mol. The fourth-order valence-corrected chi connectivity index (χ4v) is 6.04. The van der Waals surface area contributed by atoms with Crippen molar-refractivity contribution in [2.75, 3.05) is 39.3 Å². The first-order chi connectivity index (χ1) is 14.8. The Morgan fingerprint density at radius 1 is 0.968 bits per heavy atom. The maximum absolute atomic E-state index is 13.2. The summed E-state index contributed by atoms with van der Waals surface area (Å²) in [6, 6.07) is 12.7. The maximum atomic E-state index is 13.2. The van der Waals surface area contributed by atoms with Crippen LogP contribution in [0.2, 0.25) is 0 Å². The largest absolute Gasteiger partial charge is 0.372 e. The van der Waals surface area contributed by atoms with Crippen molar-refractivity contribution in [1.29, 1.82) is 0 Å². The van der Waals surface area contributed by atoms with Crippen LogP contribution in [0.4, 0.5) is 0 Å². The van der Waals surface area contributed by atoms with E-state index in [1.54, 1.807) is 12.1 Å². The van der Waals surface area contributed by atoms with Gasteiger partial charge in [0.2, 0.25) is 15.9 Å². The zero-order chi connectivity index (χ0) is 22.2. The van der Waals surface area contributed by atoms with Crippen molar-refractivity contribution in [3.05, 3.63) is 42.5 Å². The number of piperazine rings is 1. The highest BCUT2D eigenvalue weighted by Gasteiger charge is 2.35. The normalized spacial score (nSPS) is 24.9. The number of hydrogen-bond acceptors (Lipinski definition) is 5. The Kier molecular flexibility index (Phi) is 6.35. The summed E-state index contributed by atoms with van der Waals surface area (Å²) in [4.78, 5) is 17.3. The van der Waals surface area contributed by atoms with E-state index in [1.165, 1.54) is 4.31 Å². The summed E-state index contributed by atoms with van der Waals surface area (Å²) in [7, 11) is -3.56. The smallest absolute Gasteiger partial charge is 0.243 e. The molecule has 2 fully saturated rings. The lowest BCUT2D eigenvalue weighted by atomic mass is 10.1. The first-order valence-electron chi connectivity index (χ1n) is 10.9. The molecule has 0 radical (unpaired) electrons. The van der Waals surface area contributed by atoms with Crippen LogP contribution in [0.15, 0.2) is 47.4 Å². The van der Waals surface area contributed by atoms with Crippen molar-refractivity contribution in [2.45, 2.75) is 43.9 Å². The second-order valence-corrected chi connectivity index (χ2v) is 10.6. The van der Waals surface area contributed by atoms with Gasteiger partial charge >= 0.3 is 0 Å². The third-order valence-corrected chi connectivity index (χ3v) is 8.16. The molecule has 0 bridgehead atoms. The number of fused-ring (bicyclic) bond motifs is 1. The Balaban J connectivity index is 1.40. The zero-order valence-corrected chi connectivity index (χ0v) is 19.2. The summed E-state index contributed by atoms with van der Waals surface area (Å²) in [5, 5.41) is 1.93. The van der Waals surface area contributed by atoms with E-state index in [4.69, 9.17) is 4.74 Å². The molecule has 8 heteroatoms. The van der Waals surface area contributed by atoms with Gasteiger partial charge in [-0.25, -0.2) is 8.42 Å². The van der Waals surface area contributed by atoms with E-state index in [9.17, 15) is 13.2 Å². The number of morpholine rings is 1. The number of rotatable bonds is 4. The zero-order valence-electron chi connectivity index (χ0n) is 18.4. The predicted octanol–water partition coefficient (Wildman–Crippen LogP) is 2.17. The van der Waals surface area contributed by atoms with Crippen LogP contribution in [0.5, 0.6) is 0 Å². The lowest BCUT2D eigenvalue weighted by molar-refractivity contribution is -0.148. The number of nitrogens with zero attached hydrogens (tertiary/aromatic N) is 3. The third-order valence-electron chi connectivity index (χ3n) is 6.27. The van der Waals surface area contributed by atoms with E-state index < -0.39 is 10.0 Å². The average Bonchev–Trinajstić information content (AvgIpc) is 2.77. The second-order valence-electron chi connectivity index (χ2n) is 8.63. The third kappa shape index (κ3) is 4.62. The lowest BCUT2D eigenvalue weighted by Crippen LogP contribution is -2.58. The number of carbonyl (C=O) groups excluding carboxylic acids is 1. The molecule has 4 rings (SSSR count). The Hall–Kier alpha value is -2.00. The molecule has 1 amide bonds. The van der Waals surface area contributed by atoms with E-state index in [1.807, 2.05) is 56.0 Å². The van der Waals surface area contributed by atoms with Gasteiger partial charge in [0.05, 0.1) is 23.1 Å². The lowest BCUT2D eigenvalue weighted by Gasteiger charge is -2.41. The standard InChI is InChI=1S/C23H31N3O4S/c1-17-15-25(16-18(2)30-17)23(27)19(3)24-10-12-26(13-11-24)31(28,29)22-9-8-20-6-4-5-7-21(20)14-22/h4-9,14,17-19H,10-13,15-16H2,1-3H3/t17-,18-,19+/m1/s1. The number of sulfonamides is 1. The highest BCUT2D eigenvalue weighted by Crippen LogP contribution is 2.23. The quantitative estimate of drug-likeness (QED) is 0.722. The fraction of sp³-hybridized carbons (Fsp3) is 0.522. The molecule has 7 nitrogen and oxygen atoms in total. The van der Waals surface area contributed by atoms with Crippen LogP contribution < -0.4 is 0 Å². The molecule has 2 heterocycles. The molecule has 168 valence electrons. The van der Waals surface area contributed by atoms with Crippen LogP contribution in [-0.4, -0.2) is 85.9 Å². The van der Waals surface area contributed by atoms with Crippen LogP contribution in [0.3, 0.4) is 0 Å².